The van der Waals surface area contributed by atoms with Crippen molar-refractivity contribution in [1.82, 2.24) is 5.32 Å². The van der Waals surface area contributed by atoms with Gasteiger partial charge in [0.15, 0.2) is 0 Å². The van der Waals surface area contributed by atoms with Gasteiger partial charge in [0.25, 0.3) is 0 Å². The molecule has 198 valence electrons. The van der Waals surface area contributed by atoms with Gasteiger partial charge < -0.3 is 38.5 Å². The molecule has 0 spiro atoms. The zero-order chi connectivity index (χ0) is 25.0. The smallest absolute Gasteiger partial charge is 0.127 e. The van der Waals surface area contributed by atoms with Crippen molar-refractivity contribution in [2.75, 3.05) is 86.3 Å². The minimum atomic E-state index is -0.0770. The van der Waals surface area contributed by atoms with Gasteiger partial charge in [-0.2, -0.15) is 0 Å². The first kappa shape index (κ1) is 29.5. The van der Waals surface area contributed by atoms with Crippen molar-refractivity contribution in [1.29, 1.82) is 0 Å². The quantitative estimate of drug-likeness (QED) is 0.251. The summed E-state index contributed by atoms with van der Waals surface area (Å²) in [6, 6.07) is 14.7. The molecule has 2 aromatic rings. The van der Waals surface area contributed by atoms with Crippen LogP contribution in [-0.4, -0.2) is 98.5 Å². The summed E-state index contributed by atoms with van der Waals surface area (Å²) in [6.45, 7) is 10.8. The second-order valence-corrected chi connectivity index (χ2v) is 8.29. The second-order valence-electron chi connectivity index (χ2n) is 8.29. The fraction of sp³-hybridized carbons (Fsp3) is 0.630. The first-order valence-electron chi connectivity index (χ1n) is 12.5. The highest BCUT2D eigenvalue weighted by Crippen LogP contribution is 2.25. The van der Waals surface area contributed by atoms with Gasteiger partial charge in [0.1, 0.15) is 18.5 Å². The molecular formula is C27H43NO7. The molecule has 0 unspecified atom stereocenters. The topological polar surface area (TPSA) is 76.6 Å². The molecule has 8 heteroatoms. The van der Waals surface area contributed by atoms with Crippen molar-refractivity contribution < 1.29 is 33.2 Å². The molecule has 2 rings (SSSR count). The van der Waals surface area contributed by atoms with Gasteiger partial charge in [-0.1, -0.05) is 50.2 Å². The lowest BCUT2D eigenvalue weighted by molar-refractivity contribution is -0.0319. The Morgan fingerprint density at radius 2 is 1.26 bits per heavy atom. The van der Waals surface area contributed by atoms with E-state index in [0.29, 0.717) is 85.3 Å². The average molecular weight is 494 g/mol. The second kappa shape index (κ2) is 19.4. The van der Waals surface area contributed by atoms with Gasteiger partial charge >= 0.3 is 0 Å². The first-order valence-corrected chi connectivity index (χ1v) is 12.5. The van der Waals surface area contributed by atoms with Gasteiger partial charge in [-0.05, 0) is 11.5 Å². The van der Waals surface area contributed by atoms with E-state index in [1.807, 2.05) is 24.3 Å². The van der Waals surface area contributed by atoms with Crippen molar-refractivity contribution in [2.45, 2.75) is 26.0 Å². The van der Waals surface area contributed by atoms with Crippen LogP contribution in [0, 0.1) is 0 Å². The lowest BCUT2D eigenvalue weighted by Crippen LogP contribution is -2.37. The van der Waals surface area contributed by atoms with Crippen LogP contribution in [0.4, 0.5) is 0 Å². The Morgan fingerprint density at radius 1 is 0.686 bits per heavy atom. The Kier molecular flexibility index (Phi) is 16.3. The predicted molar refractivity (Wildman–Crippen MR) is 137 cm³/mol. The average Bonchev–Trinajstić information content (AvgIpc) is 2.87. The van der Waals surface area contributed by atoms with Gasteiger partial charge in [-0.3, -0.25) is 0 Å². The van der Waals surface area contributed by atoms with Crippen LogP contribution in [0.5, 0.6) is 5.75 Å². The highest BCUT2D eigenvalue weighted by atomic mass is 16.6. The molecule has 0 fully saturated rings. The Balaban J connectivity index is 1.54. The van der Waals surface area contributed by atoms with Crippen LogP contribution >= 0.6 is 0 Å². The molecular weight excluding hydrogens is 450 g/mol. The van der Waals surface area contributed by atoms with E-state index in [0.717, 1.165) is 16.5 Å². The van der Waals surface area contributed by atoms with Gasteiger partial charge in [0.05, 0.1) is 66.1 Å². The summed E-state index contributed by atoms with van der Waals surface area (Å²) in [7, 11) is 1.65. The third kappa shape index (κ3) is 13.8. The molecule has 0 aliphatic heterocycles. The third-order valence-electron chi connectivity index (χ3n) is 5.06. The van der Waals surface area contributed by atoms with Crippen LogP contribution < -0.4 is 10.1 Å². The molecule has 0 aliphatic carbocycles. The summed E-state index contributed by atoms with van der Waals surface area (Å²) < 4.78 is 39.0. The molecule has 0 heterocycles. The Bertz CT molecular complexity index is 769. The number of rotatable bonds is 22. The summed E-state index contributed by atoms with van der Waals surface area (Å²) in [4.78, 5) is 0. The molecule has 0 radical (unpaired) electrons. The summed E-state index contributed by atoms with van der Waals surface area (Å²) in [5.74, 6) is 0.872. The van der Waals surface area contributed by atoms with Crippen molar-refractivity contribution in [3.8, 4) is 5.75 Å². The van der Waals surface area contributed by atoms with E-state index < -0.39 is 0 Å². The van der Waals surface area contributed by atoms with E-state index in [1.165, 1.54) is 0 Å². The van der Waals surface area contributed by atoms with Crippen molar-refractivity contribution >= 4 is 10.8 Å². The minimum Gasteiger partial charge on any atom is -0.490 e. The number of hydrogen-bond donors (Lipinski definition) is 1. The lowest BCUT2D eigenvalue weighted by atomic mass is 10.1. The molecule has 0 saturated carbocycles. The summed E-state index contributed by atoms with van der Waals surface area (Å²) in [5, 5.41) is 5.70. The Hall–Kier alpha value is -1.78. The molecule has 8 nitrogen and oxygen atoms in total. The molecule has 2 aromatic carbocycles. The van der Waals surface area contributed by atoms with Crippen LogP contribution in [0.15, 0.2) is 42.5 Å². The predicted octanol–water partition coefficient (Wildman–Crippen LogP) is 3.31. The molecule has 0 amide bonds. The van der Waals surface area contributed by atoms with Gasteiger partial charge in [0, 0.05) is 25.1 Å². The van der Waals surface area contributed by atoms with Crippen molar-refractivity contribution in [2.24, 2.45) is 0 Å². The summed E-state index contributed by atoms with van der Waals surface area (Å²) in [6.07, 6.45) is -0.0770. The van der Waals surface area contributed by atoms with Gasteiger partial charge in [-0.15, -0.1) is 0 Å². The lowest BCUT2D eigenvalue weighted by Gasteiger charge is -2.21. The maximum Gasteiger partial charge on any atom is 0.127 e. The van der Waals surface area contributed by atoms with Crippen molar-refractivity contribution in [3.05, 3.63) is 42.5 Å². The van der Waals surface area contributed by atoms with Gasteiger partial charge in [0.2, 0.25) is 0 Å². The summed E-state index contributed by atoms with van der Waals surface area (Å²) >= 11 is 0. The number of methoxy groups -OCH3 is 1. The van der Waals surface area contributed by atoms with Crippen LogP contribution in [0.3, 0.4) is 0 Å². The van der Waals surface area contributed by atoms with E-state index in [4.69, 9.17) is 33.2 Å². The number of fused-ring (bicyclic) bond motifs is 1. The van der Waals surface area contributed by atoms with E-state index in [2.05, 4.69) is 37.4 Å². The molecule has 0 aromatic heterocycles. The maximum atomic E-state index is 6.14. The molecule has 35 heavy (non-hydrogen) atoms. The van der Waals surface area contributed by atoms with E-state index >= 15 is 0 Å². The van der Waals surface area contributed by atoms with E-state index in [9.17, 15) is 0 Å². The monoisotopic (exact) mass is 493 g/mol. The zero-order valence-electron chi connectivity index (χ0n) is 21.5. The molecule has 0 bridgehead atoms. The van der Waals surface area contributed by atoms with Crippen LogP contribution in [-0.2, 0) is 28.4 Å². The van der Waals surface area contributed by atoms with E-state index in [-0.39, 0.29) is 6.10 Å². The van der Waals surface area contributed by atoms with E-state index in [1.54, 1.807) is 7.11 Å². The number of benzene rings is 2. The first-order chi connectivity index (χ1) is 17.2. The highest BCUT2D eigenvalue weighted by Gasteiger charge is 2.12. The Labute approximate surface area is 210 Å². The van der Waals surface area contributed by atoms with Crippen LogP contribution in [0.2, 0.25) is 0 Å². The number of hydrogen-bond acceptors (Lipinski definition) is 8. The van der Waals surface area contributed by atoms with Crippen molar-refractivity contribution in [3.63, 3.8) is 0 Å². The normalized spacial score (nSPS) is 12.5. The maximum absolute atomic E-state index is 6.14. The minimum absolute atomic E-state index is 0.0770. The summed E-state index contributed by atoms with van der Waals surface area (Å²) in [5.41, 5.74) is 0. The van der Waals surface area contributed by atoms with Crippen LogP contribution in [0.1, 0.15) is 13.8 Å². The number of nitrogens with one attached hydrogen (secondary N) is 1. The SMILES string of the molecule is COCCOCCOCCOCCOCCO[C@@H](CNC(C)C)COc1cccc2ccccc12. The molecule has 0 aliphatic rings. The molecule has 1 atom stereocenters. The Morgan fingerprint density at radius 3 is 1.89 bits per heavy atom. The largest absolute Gasteiger partial charge is 0.490 e. The standard InChI is InChI=1S/C27H43NO7/c1-23(2)28-21-25(22-35-27-10-6-8-24-7-4-5-9-26(24)27)34-20-19-33-18-17-32-16-15-31-14-13-30-12-11-29-3/h4-10,23,25,28H,11-22H2,1-3H3/t25-/m0/s1. The zero-order valence-corrected chi connectivity index (χ0v) is 21.5. The fourth-order valence-electron chi connectivity index (χ4n) is 3.22. The van der Waals surface area contributed by atoms with Gasteiger partial charge in [-0.25, -0.2) is 0 Å². The molecule has 1 N–H and O–H groups in total. The number of ether oxygens (including phenoxy) is 7. The molecule has 0 saturated heterocycles. The van der Waals surface area contributed by atoms with Crippen LogP contribution in [0.25, 0.3) is 10.8 Å². The highest BCUT2D eigenvalue weighted by molar-refractivity contribution is 5.88. The third-order valence-corrected chi connectivity index (χ3v) is 5.06. The fourth-order valence-corrected chi connectivity index (χ4v) is 3.22.